The predicted octanol–water partition coefficient (Wildman–Crippen LogP) is 6.16. The van der Waals surface area contributed by atoms with Crippen molar-refractivity contribution in [3.05, 3.63) is 18.7 Å². The standard InChI is InChI=1S/C17H32N2.BrH/c1-2-3-4-5-6-7-8-9-10-11-12-13-15-19-16-14-18-17-19;/h14,16-17H,2-13,15H2,1H3;1H. The fourth-order valence-electron chi connectivity index (χ4n) is 2.55. The molecule has 0 amide bonds. The maximum atomic E-state index is 4.06. The Balaban J connectivity index is 0.00000361. The van der Waals surface area contributed by atoms with Gasteiger partial charge in [-0.15, -0.1) is 17.0 Å². The lowest BCUT2D eigenvalue weighted by Crippen LogP contribution is -1.93. The molecule has 0 fully saturated rings. The van der Waals surface area contributed by atoms with Crippen LogP contribution in [0.5, 0.6) is 0 Å². The van der Waals surface area contributed by atoms with E-state index in [2.05, 4.69) is 22.7 Å². The second kappa shape index (κ2) is 15.1. The first kappa shape index (κ1) is 19.7. The monoisotopic (exact) mass is 344 g/mol. The number of unbranched alkanes of at least 4 members (excludes halogenated alkanes) is 11. The first-order valence-corrected chi connectivity index (χ1v) is 8.39. The Labute approximate surface area is 136 Å². The predicted molar refractivity (Wildman–Crippen MR) is 93.6 cm³/mol. The number of rotatable bonds is 13. The van der Waals surface area contributed by atoms with Crippen LogP contribution in [0, 0.1) is 0 Å². The molecule has 0 saturated carbocycles. The summed E-state index contributed by atoms with van der Waals surface area (Å²) in [5.41, 5.74) is 0. The SMILES string of the molecule is Br.CCCCCCCCCCCCCCn1ccnc1. The maximum Gasteiger partial charge on any atom is 0.0945 e. The third-order valence-corrected chi connectivity index (χ3v) is 3.83. The summed E-state index contributed by atoms with van der Waals surface area (Å²) < 4.78 is 2.18. The van der Waals surface area contributed by atoms with Crippen LogP contribution >= 0.6 is 17.0 Å². The minimum Gasteiger partial charge on any atom is -0.337 e. The number of imidazole rings is 1. The van der Waals surface area contributed by atoms with Crippen LogP contribution in [-0.2, 0) is 6.54 Å². The maximum absolute atomic E-state index is 4.06. The molecule has 0 spiro atoms. The smallest absolute Gasteiger partial charge is 0.0945 e. The topological polar surface area (TPSA) is 17.8 Å². The van der Waals surface area contributed by atoms with Crippen LogP contribution in [0.1, 0.15) is 84.0 Å². The summed E-state index contributed by atoms with van der Waals surface area (Å²) >= 11 is 0. The molecular formula is C17H33BrN2. The first-order chi connectivity index (χ1) is 9.43. The molecule has 0 bridgehead atoms. The number of hydrogen-bond donors (Lipinski definition) is 0. The molecule has 1 heterocycles. The Kier molecular flexibility index (Phi) is 14.9. The van der Waals surface area contributed by atoms with E-state index < -0.39 is 0 Å². The summed E-state index contributed by atoms with van der Waals surface area (Å²) in [6, 6.07) is 0. The van der Waals surface area contributed by atoms with Gasteiger partial charge in [0, 0.05) is 18.9 Å². The van der Waals surface area contributed by atoms with E-state index in [1.807, 2.05) is 12.5 Å². The van der Waals surface area contributed by atoms with E-state index in [4.69, 9.17) is 0 Å². The Morgan fingerprint density at radius 2 is 1.25 bits per heavy atom. The third-order valence-electron chi connectivity index (χ3n) is 3.83. The summed E-state index contributed by atoms with van der Waals surface area (Å²) in [6.45, 7) is 3.42. The van der Waals surface area contributed by atoms with Crippen LogP contribution in [0.25, 0.3) is 0 Å². The molecule has 118 valence electrons. The number of nitrogens with zero attached hydrogens (tertiary/aromatic N) is 2. The molecule has 1 rings (SSSR count). The van der Waals surface area contributed by atoms with Gasteiger partial charge in [0.2, 0.25) is 0 Å². The lowest BCUT2D eigenvalue weighted by molar-refractivity contribution is 0.528. The highest BCUT2D eigenvalue weighted by Crippen LogP contribution is 2.12. The van der Waals surface area contributed by atoms with Gasteiger partial charge in [-0.1, -0.05) is 77.6 Å². The van der Waals surface area contributed by atoms with Crippen LogP contribution < -0.4 is 0 Å². The van der Waals surface area contributed by atoms with Crippen LogP contribution in [0.4, 0.5) is 0 Å². The second-order valence-electron chi connectivity index (χ2n) is 5.69. The van der Waals surface area contributed by atoms with E-state index in [0.717, 1.165) is 6.54 Å². The molecule has 1 aromatic rings. The van der Waals surface area contributed by atoms with E-state index in [9.17, 15) is 0 Å². The largest absolute Gasteiger partial charge is 0.337 e. The summed E-state index contributed by atoms with van der Waals surface area (Å²) in [5, 5.41) is 0. The molecule has 0 aliphatic heterocycles. The van der Waals surface area contributed by atoms with E-state index in [1.165, 1.54) is 77.0 Å². The molecule has 3 heteroatoms. The van der Waals surface area contributed by atoms with Gasteiger partial charge in [0.15, 0.2) is 0 Å². The van der Waals surface area contributed by atoms with Crippen molar-refractivity contribution in [1.29, 1.82) is 0 Å². The zero-order valence-electron chi connectivity index (χ0n) is 13.2. The van der Waals surface area contributed by atoms with Crippen molar-refractivity contribution >= 4 is 17.0 Å². The van der Waals surface area contributed by atoms with Gasteiger partial charge in [-0.25, -0.2) is 4.98 Å². The van der Waals surface area contributed by atoms with Gasteiger partial charge in [0.25, 0.3) is 0 Å². The summed E-state index contributed by atoms with van der Waals surface area (Å²) in [7, 11) is 0. The van der Waals surface area contributed by atoms with Gasteiger partial charge in [0.05, 0.1) is 6.33 Å². The van der Waals surface area contributed by atoms with Crippen molar-refractivity contribution in [2.45, 2.75) is 90.5 Å². The van der Waals surface area contributed by atoms with E-state index in [1.54, 1.807) is 0 Å². The van der Waals surface area contributed by atoms with Crippen molar-refractivity contribution in [3.8, 4) is 0 Å². The molecule has 0 radical (unpaired) electrons. The van der Waals surface area contributed by atoms with Gasteiger partial charge in [-0.2, -0.15) is 0 Å². The molecule has 0 aromatic carbocycles. The molecule has 20 heavy (non-hydrogen) atoms. The molecule has 0 saturated heterocycles. The Hall–Kier alpha value is -0.310. The van der Waals surface area contributed by atoms with Gasteiger partial charge in [-0.3, -0.25) is 0 Å². The van der Waals surface area contributed by atoms with Crippen molar-refractivity contribution in [2.24, 2.45) is 0 Å². The molecule has 0 atom stereocenters. The molecule has 2 nitrogen and oxygen atoms in total. The van der Waals surface area contributed by atoms with Crippen LogP contribution in [0.3, 0.4) is 0 Å². The molecule has 0 aliphatic carbocycles. The zero-order chi connectivity index (χ0) is 13.6. The van der Waals surface area contributed by atoms with Crippen molar-refractivity contribution in [2.75, 3.05) is 0 Å². The summed E-state index contributed by atoms with van der Waals surface area (Å²) in [5.74, 6) is 0. The third kappa shape index (κ3) is 11.5. The Bertz CT molecular complexity index is 273. The van der Waals surface area contributed by atoms with Crippen molar-refractivity contribution in [3.63, 3.8) is 0 Å². The lowest BCUT2D eigenvalue weighted by atomic mass is 10.1. The minimum absolute atomic E-state index is 0. The first-order valence-electron chi connectivity index (χ1n) is 8.39. The second-order valence-corrected chi connectivity index (χ2v) is 5.69. The highest BCUT2D eigenvalue weighted by Gasteiger charge is 1.94. The molecule has 0 N–H and O–H groups in total. The lowest BCUT2D eigenvalue weighted by Gasteiger charge is -2.03. The molecule has 1 aromatic heterocycles. The van der Waals surface area contributed by atoms with E-state index in [0.29, 0.717) is 0 Å². The molecule has 0 aliphatic rings. The van der Waals surface area contributed by atoms with Crippen LogP contribution in [0.2, 0.25) is 0 Å². The minimum atomic E-state index is 0. The molecule has 0 unspecified atom stereocenters. The van der Waals surface area contributed by atoms with Crippen LogP contribution in [0.15, 0.2) is 18.7 Å². The quantitative estimate of drug-likeness (QED) is 0.391. The summed E-state index contributed by atoms with van der Waals surface area (Å²) in [4.78, 5) is 4.06. The average Bonchev–Trinajstić information content (AvgIpc) is 2.93. The van der Waals surface area contributed by atoms with E-state index in [-0.39, 0.29) is 17.0 Å². The van der Waals surface area contributed by atoms with Gasteiger partial charge in [0.1, 0.15) is 0 Å². The van der Waals surface area contributed by atoms with Crippen molar-refractivity contribution in [1.82, 2.24) is 9.55 Å². The zero-order valence-corrected chi connectivity index (χ0v) is 14.9. The average molecular weight is 345 g/mol. The van der Waals surface area contributed by atoms with Crippen molar-refractivity contribution < 1.29 is 0 Å². The highest BCUT2D eigenvalue weighted by molar-refractivity contribution is 8.93. The normalized spacial score (nSPS) is 10.4. The fourth-order valence-corrected chi connectivity index (χ4v) is 2.55. The Morgan fingerprint density at radius 3 is 1.70 bits per heavy atom. The van der Waals surface area contributed by atoms with Crippen LogP contribution in [-0.4, -0.2) is 9.55 Å². The number of halogens is 1. The summed E-state index contributed by atoms with van der Waals surface area (Å²) in [6.07, 6.45) is 22.8. The van der Waals surface area contributed by atoms with Gasteiger partial charge < -0.3 is 4.57 Å². The molecular weight excluding hydrogens is 312 g/mol. The number of aryl methyl sites for hydroxylation is 1. The van der Waals surface area contributed by atoms with Gasteiger partial charge in [-0.05, 0) is 6.42 Å². The van der Waals surface area contributed by atoms with Gasteiger partial charge >= 0.3 is 0 Å². The fraction of sp³-hybridized carbons (Fsp3) is 0.824. The van der Waals surface area contributed by atoms with E-state index >= 15 is 0 Å². The number of hydrogen-bond acceptors (Lipinski definition) is 1. The number of aromatic nitrogens is 2. The Morgan fingerprint density at radius 1 is 0.750 bits per heavy atom. The highest BCUT2D eigenvalue weighted by atomic mass is 79.9.